The summed E-state index contributed by atoms with van der Waals surface area (Å²) in [6.45, 7) is 4.36. The number of nitrogens with zero attached hydrogens (tertiary/aromatic N) is 1. The molecule has 6 nitrogen and oxygen atoms in total. The summed E-state index contributed by atoms with van der Waals surface area (Å²) in [5, 5.41) is 0. The Morgan fingerprint density at radius 1 is 0.970 bits per heavy atom. The maximum absolute atomic E-state index is 12.6. The molecule has 3 rings (SSSR count). The van der Waals surface area contributed by atoms with Gasteiger partial charge in [-0.3, -0.25) is 9.78 Å². The number of rotatable bonds is 11. The molecule has 0 aliphatic carbocycles. The maximum atomic E-state index is 12.6. The second-order valence-electron chi connectivity index (χ2n) is 7.96. The number of aryl methyl sites for hydroxylation is 2. The van der Waals surface area contributed by atoms with Crippen LogP contribution in [0.5, 0.6) is 0 Å². The number of sulfonamides is 1. The molecule has 0 saturated heterocycles. The van der Waals surface area contributed by atoms with Crippen molar-refractivity contribution in [3.8, 4) is 0 Å². The highest BCUT2D eigenvalue weighted by Crippen LogP contribution is 2.17. The molecule has 0 aliphatic rings. The van der Waals surface area contributed by atoms with Crippen LogP contribution in [0.1, 0.15) is 41.2 Å². The third kappa shape index (κ3) is 7.80. The first-order chi connectivity index (χ1) is 15.9. The molecule has 1 aromatic heterocycles. The number of nitrogens with one attached hydrogen (secondary N) is 1. The van der Waals surface area contributed by atoms with Crippen LogP contribution in [0.15, 0.2) is 71.9 Å². The van der Waals surface area contributed by atoms with Crippen molar-refractivity contribution < 1.29 is 17.9 Å². The number of hydrogen-bond acceptors (Lipinski definition) is 5. The van der Waals surface area contributed by atoms with Gasteiger partial charge in [-0.1, -0.05) is 42.0 Å². The first-order valence-electron chi connectivity index (χ1n) is 11.1. The zero-order chi connectivity index (χ0) is 23.7. The molecular weight excluding hydrogens is 436 g/mol. The van der Waals surface area contributed by atoms with Gasteiger partial charge in [0.1, 0.15) is 0 Å². The summed E-state index contributed by atoms with van der Waals surface area (Å²) < 4.78 is 32.9. The Balaban J connectivity index is 1.71. The van der Waals surface area contributed by atoms with Crippen LogP contribution in [0, 0.1) is 6.92 Å². The molecule has 1 N–H and O–H groups in total. The molecule has 174 valence electrons. The van der Waals surface area contributed by atoms with Crippen molar-refractivity contribution in [3.05, 3.63) is 94.8 Å². The summed E-state index contributed by atoms with van der Waals surface area (Å²) in [5.74, 6) is -0.220. The van der Waals surface area contributed by atoms with E-state index in [1.54, 1.807) is 37.4 Å². The van der Waals surface area contributed by atoms with Gasteiger partial charge >= 0.3 is 5.97 Å². The quantitative estimate of drug-likeness (QED) is 0.432. The summed E-state index contributed by atoms with van der Waals surface area (Å²) in [7, 11) is -3.56. The van der Waals surface area contributed by atoms with Gasteiger partial charge in [-0.2, -0.15) is 0 Å². The molecule has 0 unspecified atom stereocenters. The van der Waals surface area contributed by atoms with E-state index in [-0.39, 0.29) is 17.4 Å². The fraction of sp³-hybridized carbons (Fsp3) is 0.308. The molecule has 1 heterocycles. The number of carbonyl (C=O) groups excluding carboxylic acids is 1. The molecule has 0 aliphatic heterocycles. The summed E-state index contributed by atoms with van der Waals surface area (Å²) in [6.07, 6.45) is 5.71. The zero-order valence-electron chi connectivity index (χ0n) is 19.1. The Hall–Kier alpha value is -3.03. The second kappa shape index (κ2) is 11.7. The van der Waals surface area contributed by atoms with Crippen LogP contribution < -0.4 is 4.72 Å². The highest BCUT2D eigenvalue weighted by molar-refractivity contribution is 7.89. The van der Waals surface area contributed by atoms with Gasteiger partial charge in [0.15, 0.2) is 0 Å². The van der Waals surface area contributed by atoms with Crippen LogP contribution in [0.4, 0.5) is 0 Å². The Bertz CT molecular complexity index is 1160. The molecule has 0 saturated carbocycles. The van der Waals surface area contributed by atoms with Gasteiger partial charge in [0.25, 0.3) is 0 Å². The van der Waals surface area contributed by atoms with Crippen LogP contribution in [-0.4, -0.2) is 32.5 Å². The van der Waals surface area contributed by atoms with Gasteiger partial charge in [-0.15, -0.1) is 0 Å². The van der Waals surface area contributed by atoms with Crippen molar-refractivity contribution in [3.63, 3.8) is 0 Å². The number of hydrogen-bond donors (Lipinski definition) is 1. The van der Waals surface area contributed by atoms with Gasteiger partial charge in [0, 0.05) is 25.4 Å². The van der Waals surface area contributed by atoms with Gasteiger partial charge < -0.3 is 4.74 Å². The first kappa shape index (κ1) is 24.6. The average molecular weight is 467 g/mol. The lowest BCUT2D eigenvalue weighted by atomic mass is 9.97. The van der Waals surface area contributed by atoms with Gasteiger partial charge in [-0.05, 0) is 73.6 Å². The molecule has 0 radical (unpaired) electrons. The van der Waals surface area contributed by atoms with Crippen molar-refractivity contribution in [1.82, 2.24) is 9.71 Å². The van der Waals surface area contributed by atoms with E-state index in [0.29, 0.717) is 32.3 Å². The molecule has 0 spiro atoms. The van der Waals surface area contributed by atoms with Gasteiger partial charge in [0.05, 0.1) is 11.5 Å². The van der Waals surface area contributed by atoms with E-state index in [1.807, 2.05) is 31.3 Å². The smallest absolute Gasteiger partial charge is 0.306 e. The monoisotopic (exact) mass is 466 g/mol. The second-order valence-corrected chi connectivity index (χ2v) is 9.73. The van der Waals surface area contributed by atoms with Crippen LogP contribution in [0.3, 0.4) is 0 Å². The third-order valence-electron chi connectivity index (χ3n) is 5.20. The molecule has 33 heavy (non-hydrogen) atoms. The highest BCUT2D eigenvalue weighted by atomic mass is 32.2. The van der Waals surface area contributed by atoms with Crippen molar-refractivity contribution in [2.75, 3.05) is 13.2 Å². The van der Waals surface area contributed by atoms with Crippen molar-refractivity contribution in [2.24, 2.45) is 0 Å². The maximum Gasteiger partial charge on any atom is 0.306 e. The SMILES string of the molecule is CCOC(=O)CCc1cc(CCNS(=O)(=O)c2ccc(C)cc2)cc(Cc2cccnc2)c1. The lowest BCUT2D eigenvalue weighted by Gasteiger charge is -2.12. The van der Waals surface area contributed by atoms with E-state index >= 15 is 0 Å². The van der Waals surface area contributed by atoms with Gasteiger partial charge in [-0.25, -0.2) is 13.1 Å². The van der Waals surface area contributed by atoms with E-state index < -0.39 is 10.0 Å². The van der Waals surface area contributed by atoms with E-state index in [2.05, 4.69) is 21.8 Å². The number of pyridine rings is 1. The number of ether oxygens (including phenoxy) is 1. The zero-order valence-corrected chi connectivity index (χ0v) is 19.9. The minimum Gasteiger partial charge on any atom is -0.466 e. The van der Waals surface area contributed by atoms with Crippen molar-refractivity contribution >= 4 is 16.0 Å². The van der Waals surface area contributed by atoms with E-state index in [9.17, 15) is 13.2 Å². The first-order valence-corrected chi connectivity index (χ1v) is 12.6. The average Bonchev–Trinajstić information content (AvgIpc) is 2.79. The predicted molar refractivity (Wildman–Crippen MR) is 129 cm³/mol. The number of benzene rings is 2. The van der Waals surface area contributed by atoms with E-state index in [0.717, 1.165) is 27.8 Å². The Kier molecular flexibility index (Phi) is 8.74. The molecule has 2 aromatic carbocycles. The van der Waals surface area contributed by atoms with Crippen LogP contribution in [0.25, 0.3) is 0 Å². The van der Waals surface area contributed by atoms with Crippen molar-refractivity contribution in [2.45, 2.75) is 44.4 Å². The predicted octanol–water partition coefficient (Wildman–Crippen LogP) is 4.00. The lowest BCUT2D eigenvalue weighted by Crippen LogP contribution is -2.26. The standard InChI is InChI=1S/C26H30N2O4S/c1-3-32-26(29)11-8-21-15-22(17-24(16-21)18-23-5-4-13-27-19-23)12-14-28-33(30,31)25-9-6-20(2)7-10-25/h4-7,9-10,13,15-17,19,28H,3,8,11-12,14,18H2,1-2H3. The summed E-state index contributed by atoms with van der Waals surface area (Å²) >= 11 is 0. The lowest BCUT2D eigenvalue weighted by molar-refractivity contribution is -0.143. The van der Waals surface area contributed by atoms with Crippen LogP contribution in [-0.2, 0) is 38.8 Å². The van der Waals surface area contributed by atoms with Crippen LogP contribution >= 0.6 is 0 Å². The molecule has 0 atom stereocenters. The third-order valence-corrected chi connectivity index (χ3v) is 6.68. The Labute approximate surface area is 196 Å². The minimum absolute atomic E-state index is 0.220. The molecule has 3 aromatic rings. The normalized spacial score (nSPS) is 11.3. The van der Waals surface area contributed by atoms with Gasteiger partial charge in [0.2, 0.25) is 10.0 Å². The minimum atomic E-state index is -3.56. The topological polar surface area (TPSA) is 85.4 Å². The number of esters is 1. The molecule has 0 amide bonds. The summed E-state index contributed by atoms with van der Waals surface area (Å²) in [5.41, 5.74) is 5.24. The van der Waals surface area contributed by atoms with Crippen LogP contribution in [0.2, 0.25) is 0 Å². The fourth-order valence-electron chi connectivity index (χ4n) is 3.58. The Morgan fingerprint density at radius 3 is 2.33 bits per heavy atom. The summed E-state index contributed by atoms with van der Waals surface area (Å²) in [4.78, 5) is 16.2. The largest absolute Gasteiger partial charge is 0.466 e. The Morgan fingerprint density at radius 2 is 1.67 bits per heavy atom. The molecule has 0 bridgehead atoms. The fourth-order valence-corrected chi connectivity index (χ4v) is 4.61. The molecule has 7 heteroatoms. The van der Waals surface area contributed by atoms with Crippen molar-refractivity contribution in [1.29, 1.82) is 0 Å². The van der Waals surface area contributed by atoms with E-state index in [1.165, 1.54) is 0 Å². The number of carbonyl (C=O) groups is 1. The molecule has 0 fully saturated rings. The number of aromatic nitrogens is 1. The molecular formula is C26H30N2O4S. The van der Waals surface area contributed by atoms with E-state index in [4.69, 9.17) is 4.74 Å². The summed E-state index contributed by atoms with van der Waals surface area (Å²) in [6, 6.07) is 16.9. The highest BCUT2D eigenvalue weighted by Gasteiger charge is 2.13.